The maximum Gasteiger partial charge on any atom is 0.0739 e. The van der Waals surface area contributed by atoms with Crippen molar-refractivity contribution in [1.82, 2.24) is 14.3 Å². The van der Waals surface area contributed by atoms with Crippen molar-refractivity contribution in [3.63, 3.8) is 0 Å². The highest BCUT2D eigenvalue weighted by Crippen LogP contribution is 2.25. The van der Waals surface area contributed by atoms with Crippen molar-refractivity contribution in [3.8, 4) is 0 Å². The van der Waals surface area contributed by atoms with E-state index in [1.807, 2.05) is 30.8 Å². The lowest BCUT2D eigenvalue weighted by Gasteiger charge is -2.09. The van der Waals surface area contributed by atoms with Gasteiger partial charge in [-0.15, -0.1) is 0 Å². The summed E-state index contributed by atoms with van der Waals surface area (Å²) in [5.74, 6) is 0. The minimum Gasteiger partial charge on any atom is -0.392 e. The number of rotatable bonds is 3. The molecule has 0 bridgehead atoms. The van der Waals surface area contributed by atoms with E-state index in [0.717, 1.165) is 38.9 Å². The summed E-state index contributed by atoms with van der Waals surface area (Å²) in [4.78, 5) is 0. The Morgan fingerprint density at radius 3 is 2.75 bits per heavy atom. The lowest BCUT2D eigenvalue weighted by Crippen LogP contribution is -2.06. The van der Waals surface area contributed by atoms with Crippen LogP contribution in [0, 0.1) is 6.92 Å². The standard InChI is InChI=1S/C15H16BrN3O/c1-10-14(16)13(18(2)17-10)8-19-7-6-11-4-3-5-12(9-20)15(11)19/h3-7,20H,8-9H2,1-2H3. The second-order valence-electron chi connectivity index (χ2n) is 4.93. The first kappa shape index (κ1) is 13.4. The Morgan fingerprint density at radius 1 is 1.30 bits per heavy atom. The molecule has 0 saturated carbocycles. The molecule has 20 heavy (non-hydrogen) atoms. The summed E-state index contributed by atoms with van der Waals surface area (Å²) < 4.78 is 5.10. The third-order valence-electron chi connectivity index (χ3n) is 3.62. The van der Waals surface area contributed by atoms with Gasteiger partial charge in [0.15, 0.2) is 0 Å². The van der Waals surface area contributed by atoms with Crippen LogP contribution in [0.25, 0.3) is 10.9 Å². The third-order valence-corrected chi connectivity index (χ3v) is 4.66. The van der Waals surface area contributed by atoms with E-state index in [1.54, 1.807) is 0 Å². The molecule has 0 unspecified atom stereocenters. The van der Waals surface area contributed by atoms with Crippen LogP contribution in [0.5, 0.6) is 0 Å². The zero-order valence-corrected chi connectivity index (χ0v) is 13.1. The lowest BCUT2D eigenvalue weighted by molar-refractivity contribution is 0.283. The average Bonchev–Trinajstić information content (AvgIpc) is 2.96. The molecule has 0 fully saturated rings. The van der Waals surface area contributed by atoms with Crippen LogP contribution in [0.15, 0.2) is 34.9 Å². The molecule has 2 aromatic heterocycles. The van der Waals surface area contributed by atoms with Crippen LogP contribution < -0.4 is 0 Å². The Balaban J connectivity index is 2.11. The number of hydrogen-bond acceptors (Lipinski definition) is 2. The zero-order chi connectivity index (χ0) is 14.3. The number of aromatic nitrogens is 3. The summed E-state index contributed by atoms with van der Waals surface area (Å²) in [7, 11) is 1.95. The second-order valence-corrected chi connectivity index (χ2v) is 5.72. The molecule has 3 rings (SSSR count). The van der Waals surface area contributed by atoms with E-state index in [-0.39, 0.29) is 6.61 Å². The van der Waals surface area contributed by atoms with Crippen molar-refractivity contribution >= 4 is 26.8 Å². The summed E-state index contributed by atoms with van der Waals surface area (Å²) in [5.41, 5.74) is 4.14. The van der Waals surface area contributed by atoms with Crippen LogP contribution in [0.2, 0.25) is 0 Å². The Bertz CT molecular complexity index is 773. The maximum atomic E-state index is 9.52. The molecule has 0 amide bonds. The van der Waals surface area contributed by atoms with E-state index in [4.69, 9.17) is 0 Å². The number of benzene rings is 1. The molecule has 0 atom stereocenters. The molecule has 2 heterocycles. The molecule has 0 aliphatic carbocycles. The van der Waals surface area contributed by atoms with Gasteiger partial charge in [-0.1, -0.05) is 18.2 Å². The van der Waals surface area contributed by atoms with Gasteiger partial charge in [-0.2, -0.15) is 5.10 Å². The van der Waals surface area contributed by atoms with Gasteiger partial charge in [0.05, 0.1) is 34.5 Å². The molecule has 5 heteroatoms. The Kier molecular flexibility index (Phi) is 3.40. The molecule has 0 radical (unpaired) electrons. The summed E-state index contributed by atoms with van der Waals surface area (Å²) in [6.45, 7) is 2.76. The number of aliphatic hydroxyl groups excluding tert-OH is 1. The van der Waals surface area contributed by atoms with E-state index >= 15 is 0 Å². The zero-order valence-electron chi connectivity index (χ0n) is 11.5. The molecular weight excluding hydrogens is 318 g/mol. The second kappa shape index (κ2) is 5.07. The van der Waals surface area contributed by atoms with Gasteiger partial charge in [0, 0.05) is 18.8 Å². The van der Waals surface area contributed by atoms with E-state index in [2.05, 4.69) is 43.9 Å². The van der Waals surface area contributed by atoms with Gasteiger partial charge in [-0.05, 0) is 34.3 Å². The number of fused-ring (bicyclic) bond motifs is 1. The summed E-state index contributed by atoms with van der Waals surface area (Å²) in [6, 6.07) is 8.07. The van der Waals surface area contributed by atoms with Crippen molar-refractivity contribution < 1.29 is 5.11 Å². The number of aryl methyl sites for hydroxylation is 2. The predicted molar refractivity (Wildman–Crippen MR) is 82.6 cm³/mol. The fraction of sp³-hybridized carbons (Fsp3) is 0.267. The van der Waals surface area contributed by atoms with Crippen LogP contribution in [-0.2, 0) is 20.2 Å². The summed E-state index contributed by atoms with van der Waals surface area (Å²) in [6.07, 6.45) is 2.05. The maximum absolute atomic E-state index is 9.52. The van der Waals surface area contributed by atoms with Crippen LogP contribution in [-0.4, -0.2) is 19.5 Å². The molecule has 0 saturated heterocycles. The Morgan fingerprint density at radius 2 is 2.10 bits per heavy atom. The van der Waals surface area contributed by atoms with Crippen molar-refractivity contribution in [2.45, 2.75) is 20.1 Å². The highest BCUT2D eigenvalue weighted by Gasteiger charge is 2.13. The monoisotopic (exact) mass is 333 g/mol. The number of nitrogens with zero attached hydrogens (tertiary/aromatic N) is 3. The van der Waals surface area contributed by atoms with E-state index in [0.29, 0.717) is 0 Å². The van der Waals surface area contributed by atoms with Gasteiger partial charge in [-0.3, -0.25) is 4.68 Å². The first-order valence-corrected chi connectivity index (χ1v) is 7.26. The predicted octanol–water partition coefficient (Wildman–Crippen LogP) is 2.99. The van der Waals surface area contributed by atoms with Gasteiger partial charge in [0.1, 0.15) is 0 Å². The molecule has 1 aromatic carbocycles. The van der Waals surface area contributed by atoms with Crippen molar-refractivity contribution in [2.24, 2.45) is 7.05 Å². The van der Waals surface area contributed by atoms with Crippen LogP contribution in [0.4, 0.5) is 0 Å². The largest absolute Gasteiger partial charge is 0.392 e. The van der Waals surface area contributed by atoms with Crippen molar-refractivity contribution in [2.75, 3.05) is 0 Å². The summed E-state index contributed by atoms with van der Waals surface area (Å²) >= 11 is 3.60. The van der Waals surface area contributed by atoms with E-state index in [9.17, 15) is 5.11 Å². The SMILES string of the molecule is Cc1nn(C)c(Cn2ccc3cccc(CO)c32)c1Br. The van der Waals surface area contributed by atoms with Crippen LogP contribution in [0.3, 0.4) is 0 Å². The average molecular weight is 334 g/mol. The minimum atomic E-state index is 0.0485. The summed E-state index contributed by atoms with van der Waals surface area (Å²) in [5, 5.41) is 15.1. The smallest absolute Gasteiger partial charge is 0.0739 e. The number of aliphatic hydroxyl groups is 1. The normalized spacial score (nSPS) is 11.4. The number of hydrogen-bond donors (Lipinski definition) is 1. The first-order chi connectivity index (χ1) is 9.61. The molecule has 4 nitrogen and oxygen atoms in total. The number of para-hydroxylation sites is 1. The molecule has 0 spiro atoms. The molecule has 1 N–H and O–H groups in total. The van der Waals surface area contributed by atoms with Crippen molar-refractivity contribution in [1.29, 1.82) is 0 Å². The molecule has 0 aliphatic rings. The lowest BCUT2D eigenvalue weighted by atomic mass is 10.1. The fourth-order valence-corrected chi connectivity index (χ4v) is 3.07. The van der Waals surface area contributed by atoms with Gasteiger partial charge < -0.3 is 9.67 Å². The highest BCUT2D eigenvalue weighted by atomic mass is 79.9. The van der Waals surface area contributed by atoms with Crippen LogP contribution in [0.1, 0.15) is 17.0 Å². The van der Waals surface area contributed by atoms with Gasteiger partial charge in [0.25, 0.3) is 0 Å². The first-order valence-electron chi connectivity index (χ1n) is 6.47. The molecule has 3 aromatic rings. The topological polar surface area (TPSA) is 43.0 Å². The fourth-order valence-electron chi connectivity index (χ4n) is 2.61. The molecular formula is C15H16BrN3O. The van der Waals surface area contributed by atoms with Gasteiger partial charge in [0.2, 0.25) is 0 Å². The third kappa shape index (κ3) is 2.07. The van der Waals surface area contributed by atoms with Crippen LogP contribution >= 0.6 is 15.9 Å². The van der Waals surface area contributed by atoms with Gasteiger partial charge in [-0.25, -0.2) is 0 Å². The van der Waals surface area contributed by atoms with E-state index < -0.39 is 0 Å². The molecule has 104 valence electrons. The Hall–Kier alpha value is -1.59. The van der Waals surface area contributed by atoms with E-state index in [1.165, 1.54) is 0 Å². The highest BCUT2D eigenvalue weighted by molar-refractivity contribution is 9.10. The molecule has 0 aliphatic heterocycles. The van der Waals surface area contributed by atoms with Crippen molar-refractivity contribution in [3.05, 3.63) is 51.9 Å². The quantitative estimate of drug-likeness (QED) is 0.800. The minimum absolute atomic E-state index is 0.0485. The number of halogens is 1. The Labute approximate surface area is 125 Å². The van der Waals surface area contributed by atoms with Gasteiger partial charge >= 0.3 is 0 Å².